The van der Waals surface area contributed by atoms with E-state index in [1.807, 2.05) is 6.26 Å². The van der Waals surface area contributed by atoms with Gasteiger partial charge in [-0.1, -0.05) is 0 Å². The summed E-state index contributed by atoms with van der Waals surface area (Å²) in [6.45, 7) is 0.826. The van der Waals surface area contributed by atoms with Crippen molar-refractivity contribution in [2.45, 2.75) is 6.42 Å². The van der Waals surface area contributed by atoms with Crippen LogP contribution >= 0.6 is 11.8 Å². The van der Waals surface area contributed by atoms with E-state index in [1.165, 1.54) is 11.8 Å². The molecule has 1 heterocycles. The normalized spacial score (nSPS) is 17.5. The van der Waals surface area contributed by atoms with Gasteiger partial charge in [-0.3, -0.25) is 4.79 Å². The summed E-state index contributed by atoms with van der Waals surface area (Å²) in [5.74, 6) is 0.300. The molecule has 0 aliphatic carbocycles. The van der Waals surface area contributed by atoms with E-state index in [9.17, 15) is 9.18 Å². The molecule has 0 bridgehead atoms. The maximum atomic E-state index is 12.7. The van der Waals surface area contributed by atoms with Crippen molar-refractivity contribution in [2.75, 3.05) is 25.1 Å². The van der Waals surface area contributed by atoms with Gasteiger partial charge in [0.15, 0.2) is 0 Å². The number of rotatable bonds is 2. The molecule has 0 saturated heterocycles. The van der Waals surface area contributed by atoms with Crippen LogP contribution < -0.4 is 0 Å². The SMILES string of the molecule is CSCC(=O)N1CCC=C(F)C1. The molecule has 1 amide bonds. The third-order valence-electron chi connectivity index (χ3n) is 1.73. The lowest BCUT2D eigenvalue weighted by Gasteiger charge is -2.24. The molecule has 0 saturated carbocycles. The molecule has 0 unspecified atom stereocenters. The van der Waals surface area contributed by atoms with E-state index < -0.39 is 0 Å². The van der Waals surface area contributed by atoms with E-state index in [2.05, 4.69) is 0 Å². The Kier molecular flexibility index (Phi) is 3.59. The fourth-order valence-corrected chi connectivity index (χ4v) is 1.56. The predicted molar refractivity (Wildman–Crippen MR) is 48.8 cm³/mol. The monoisotopic (exact) mass is 189 g/mol. The second-order valence-corrected chi connectivity index (χ2v) is 3.55. The van der Waals surface area contributed by atoms with Crippen molar-refractivity contribution in [1.82, 2.24) is 4.90 Å². The molecule has 68 valence electrons. The average molecular weight is 189 g/mol. The number of amides is 1. The van der Waals surface area contributed by atoms with Gasteiger partial charge in [0.05, 0.1) is 12.3 Å². The molecule has 4 heteroatoms. The molecule has 0 atom stereocenters. The van der Waals surface area contributed by atoms with Crippen LogP contribution in [-0.2, 0) is 4.79 Å². The number of hydrogen-bond acceptors (Lipinski definition) is 2. The van der Waals surface area contributed by atoms with Crippen LogP contribution in [0.25, 0.3) is 0 Å². The fourth-order valence-electron chi connectivity index (χ4n) is 1.13. The van der Waals surface area contributed by atoms with E-state index in [0.29, 0.717) is 18.7 Å². The van der Waals surface area contributed by atoms with Crippen LogP contribution in [-0.4, -0.2) is 35.9 Å². The summed E-state index contributed by atoms with van der Waals surface area (Å²) in [6, 6.07) is 0. The molecule has 0 aromatic carbocycles. The zero-order valence-corrected chi connectivity index (χ0v) is 7.86. The summed E-state index contributed by atoms with van der Waals surface area (Å²) < 4.78 is 12.7. The molecule has 0 radical (unpaired) electrons. The summed E-state index contributed by atoms with van der Waals surface area (Å²) in [5.41, 5.74) is 0. The van der Waals surface area contributed by atoms with Gasteiger partial charge in [-0.05, 0) is 18.8 Å². The molecule has 0 fully saturated rings. The Morgan fingerprint density at radius 2 is 2.58 bits per heavy atom. The number of halogens is 1. The molecule has 1 rings (SSSR count). The standard InChI is InChI=1S/C8H12FNOS/c1-12-6-8(11)10-4-2-3-7(9)5-10/h3H,2,4-6H2,1H3. The van der Waals surface area contributed by atoms with E-state index in [-0.39, 0.29) is 18.3 Å². The third kappa shape index (κ3) is 2.52. The third-order valence-corrected chi connectivity index (χ3v) is 2.26. The minimum atomic E-state index is -0.185. The zero-order valence-electron chi connectivity index (χ0n) is 7.05. The number of carbonyl (C=O) groups excluding carboxylic acids is 1. The first-order valence-corrected chi connectivity index (χ1v) is 5.24. The Bertz CT molecular complexity index is 205. The smallest absolute Gasteiger partial charge is 0.232 e. The highest BCUT2D eigenvalue weighted by Crippen LogP contribution is 2.11. The number of thioether (sulfide) groups is 1. The largest absolute Gasteiger partial charge is 0.335 e. The molecular formula is C8H12FNOS. The van der Waals surface area contributed by atoms with E-state index in [4.69, 9.17) is 0 Å². The van der Waals surface area contributed by atoms with Crippen LogP contribution in [0.1, 0.15) is 6.42 Å². The summed E-state index contributed by atoms with van der Waals surface area (Å²) >= 11 is 1.47. The van der Waals surface area contributed by atoms with Crippen LogP contribution in [0.5, 0.6) is 0 Å². The van der Waals surface area contributed by atoms with E-state index in [1.54, 1.807) is 11.0 Å². The molecule has 0 aromatic rings. The van der Waals surface area contributed by atoms with Gasteiger partial charge in [0.2, 0.25) is 5.91 Å². The van der Waals surface area contributed by atoms with Crippen LogP contribution in [0.3, 0.4) is 0 Å². The topological polar surface area (TPSA) is 20.3 Å². The Morgan fingerprint density at radius 1 is 1.83 bits per heavy atom. The van der Waals surface area contributed by atoms with Gasteiger partial charge in [-0.15, -0.1) is 0 Å². The van der Waals surface area contributed by atoms with Crippen LogP contribution in [0, 0.1) is 0 Å². The summed E-state index contributed by atoms with van der Waals surface area (Å²) in [7, 11) is 0. The summed E-state index contributed by atoms with van der Waals surface area (Å²) in [4.78, 5) is 12.8. The maximum Gasteiger partial charge on any atom is 0.232 e. The Labute approximate surface area is 75.8 Å². The molecule has 0 spiro atoms. The first kappa shape index (κ1) is 9.58. The molecule has 1 aliphatic heterocycles. The van der Waals surface area contributed by atoms with E-state index >= 15 is 0 Å². The number of carbonyl (C=O) groups is 1. The van der Waals surface area contributed by atoms with Gasteiger partial charge < -0.3 is 4.90 Å². The summed E-state index contributed by atoms with van der Waals surface area (Å²) in [5, 5.41) is 0. The highest BCUT2D eigenvalue weighted by atomic mass is 32.2. The minimum Gasteiger partial charge on any atom is -0.335 e. The summed E-state index contributed by atoms with van der Waals surface area (Å²) in [6.07, 6.45) is 4.06. The van der Waals surface area contributed by atoms with Crippen molar-refractivity contribution in [3.63, 3.8) is 0 Å². The van der Waals surface area contributed by atoms with Crippen molar-refractivity contribution in [3.8, 4) is 0 Å². The molecular weight excluding hydrogens is 177 g/mol. The van der Waals surface area contributed by atoms with Crippen LogP contribution in [0.4, 0.5) is 4.39 Å². The lowest BCUT2D eigenvalue weighted by Crippen LogP contribution is -2.36. The average Bonchev–Trinajstić information content (AvgIpc) is 2.05. The minimum absolute atomic E-state index is 0.0331. The van der Waals surface area contributed by atoms with Gasteiger partial charge in [-0.2, -0.15) is 11.8 Å². The van der Waals surface area contributed by atoms with Crippen molar-refractivity contribution >= 4 is 17.7 Å². The molecule has 0 aromatic heterocycles. The number of nitrogens with zero attached hydrogens (tertiary/aromatic N) is 1. The Morgan fingerprint density at radius 3 is 3.17 bits per heavy atom. The van der Waals surface area contributed by atoms with Gasteiger partial charge >= 0.3 is 0 Å². The fraction of sp³-hybridized carbons (Fsp3) is 0.625. The van der Waals surface area contributed by atoms with Crippen LogP contribution in [0.15, 0.2) is 11.9 Å². The Balaban J connectivity index is 2.43. The quantitative estimate of drug-likeness (QED) is 0.655. The second-order valence-electron chi connectivity index (χ2n) is 2.69. The lowest BCUT2D eigenvalue weighted by molar-refractivity contribution is -0.128. The zero-order chi connectivity index (χ0) is 8.97. The van der Waals surface area contributed by atoms with Gasteiger partial charge in [-0.25, -0.2) is 4.39 Å². The highest BCUT2D eigenvalue weighted by Gasteiger charge is 2.16. The van der Waals surface area contributed by atoms with Crippen molar-refractivity contribution in [3.05, 3.63) is 11.9 Å². The molecule has 0 N–H and O–H groups in total. The van der Waals surface area contributed by atoms with Crippen molar-refractivity contribution in [2.24, 2.45) is 0 Å². The van der Waals surface area contributed by atoms with Crippen molar-refractivity contribution < 1.29 is 9.18 Å². The first-order valence-electron chi connectivity index (χ1n) is 3.85. The molecule has 1 aliphatic rings. The second kappa shape index (κ2) is 4.50. The van der Waals surface area contributed by atoms with E-state index in [0.717, 1.165) is 0 Å². The lowest BCUT2D eigenvalue weighted by atomic mass is 10.2. The maximum absolute atomic E-state index is 12.7. The Hall–Kier alpha value is -0.510. The molecule has 2 nitrogen and oxygen atoms in total. The predicted octanol–water partition coefficient (Wildman–Crippen LogP) is 1.44. The van der Waals surface area contributed by atoms with Gasteiger partial charge in [0, 0.05) is 6.54 Å². The number of hydrogen-bond donors (Lipinski definition) is 0. The highest BCUT2D eigenvalue weighted by molar-refractivity contribution is 7.99. The van der Waals surface area contributed by atoms with Gasteiger partial charge in [0.1, 0.15) is 5.83 Å². The molecule has 12 heavy (non-hydrogen) atoms. The van der Waals surface area contributed by atoms with Gasteiger partial charge in [0.25, 0.3) is 0 Å². The van der Waals surface area contributed by atoms with Crippen molar-refractivity contribution in [1.29, 1.82) is 0 Å². The first-order chi connectivity index (χ1) is 5.74. The van der Waals surface area contributed by atoms with Crippen LogP contribution in [0.2, 0.25) is 0 Å².